The van der Waals surface area contributed by atoms with Crippen LogP contribution < -0.4 is 4.90 Å². The SMILES string of the molecule is CC1CS(=O)(=O)CCN1c1nc(C(=O)CCl)cs1. The van der Waals surface area contributed by atoms with Crippen LogP contribution in [0.15, 0.2) is 5.38 Å². The molecule has 8 heteroatoms. The van der Waals surface area contributed by atoms with Gasteiger partial charge in [-0.1, -0.05) is 0 Å². The molecule has 5 nitrogen and oxygen atoms in total. The topological polar surface area (TPSA) is 67.3 Å². The van der Waals surface area contributed by atoms with Crippen LogP contribution >= 0.6 is 22.9 Å². The van der Waals surface area contributed by atoms with E-state index in [-0.39, 0.29) is 29.2 Å². The van der Waals surface area contributed by atoms with Gasteiger partial charge in [-0.15, -0.1) is 22.9 Å². The monoisotopic (exact) mass is 308 g/mol. The number of aromatic nitrogens is 1. The molecule has 1 aliphatic rings. The Bertz CT molecular complexity index is 555. The largest absolute Gasteiger partial charge is 0.343 e. The van der Waals surface area contributed by atoms with Gasteiger partial charge in [0.25, 0.3) is 0 Å². The first-order valence-electron chi connectivity index (χ1n) is 5.44. The number of hydrogen-bond donors (Lipinski definition) is 0. The molecule has 100 valence electrons. The van der Waals surface area contributed by atoms with Gasteiger partial charge in [0.1, 0.15) is 5.69 Å². The lowest BCUT2D eigenvalue weighted by Gasteiger charge is -2.32. The fourth-order valence-electron chi connectivity index (χ4n) is 1.88. The lowest BCUT2D eigenvalue weighted by Crippen LogP contribution is -2.47. The van der Waals surface area contributed by atoms with E-state index in [1.807, 2.05) is 11.8 Å². The quantitative estimate of drug-likeness (QED) is 0.620. The molecular weight excluding hydrogens is 296 g/mol. The maximum absolute atomic E-state index is 11.5. The van der Waals surface area contributed by atoms with Crippen LogP contribution in [0.2, 0.25) is 0 Å². The Morgan fingerprint density at radius 1 is 1.67 bits per heavy atom. The van der Waals surface area contributed by atoms with Crippen molar-refractivity contribution in [2.45, 2.75) is 13.0 Å². The molecule has 1 unspecified atom stereocenters. The van der Waals surface area contributed by atoms with Crippen molar-refractivity contribution in [3.05, 3.63) is 11.1 Å². The second-order valence-corrected chi connectivity index (χ2v) is 7.56. The first kappa shape index (κ1) is 13.8. The normalized spacial score (nSPS) is 23.0. The van der Waals surface area contributed by atoms with Gasteiger partial charge in [-0.3, -0.25) is 4.79 Å². The minimum Gasteiger partial charge on any atom is -0.343 e. The summed E-state index contributed by atoms with van der Waals surface area (Å²) in [5.74, 6) is -0.0368. The number of anilines is 1. The molecule has 1 saturated heterocycles. The molecule has 1 aliphatic heterocycles. The van der Waals surface area contributed by atoms with E-state index in [0.29, 0.717) is 17.4 Å². The predicted octanol–water partition coefficient (Wildman–Crippen LogP) is 1.19. The predicted molar refractivity (Wildman–Crippen MR) is 72.6 cm³/mol. The second kappa shape index (κ2) is 5.14. The summed E-state index contributed by atoms with van der Waals surface area (Å²) in [6.45, 7) is 2.27. The zero-order valence-corrected chi connectivity index (χ0v) is 12.2. The van der Waals surface area contributed by atoms with Crippen LogP contribution in [0, 0.1) is 0 Å². The lowest BCUT2D eigenvalue weighted by molar-refractivity contribution is 0.101. The molecule has 0 aromatic carbocycles. The summed E-state index contributed by atoms with van der Waals surface area (Å²) in [7, 11) is -2.94. The number of nitrogens with zero attached hydrogens (tertiary/aromatic N) is 2. The molecule has 0 N–H and O–H groups in total. The summed E-state index contributed by atoms with van der Waals surface area (Å²) in [6, 6.07) is -0.117. The minimum atomic E-state index is -2.94. The number of ketones is 1. The molecule has 18 heavy (non-hydrogen) atoms. The molecule has 0 radical (unpaired) electrons. The van der Waals surface area contributed by atoms with Crippen molar-refractivity contribution in [2.75, 3.05) is 28.8 Å². The van der Waals surface area contributed by atoms with Crippen LogP contribution in [0.1, 0.15) is 17.4 Å². The fourth-order valence-corrected chi connectivity index (χ4v) is 4.53. The van der Waals surface area contributed by atoms with Crippen LogP contribution in [0.5, 0.6) is 0 Å². The number of Topliss-reactive ketones (excluding diaryl/α,β-unsaturated/α-hetero) is 1. The number of alkyl halides is 1. The molecule has 1 aromatic rings. The molecule has 2 heterocycles. The van der Waals surface area contributed by atoms with Crippen LogP contribution in [-0.4, -0.2) is 49.2 Å². The van der Waals surface area contributed by atoms with Gasteiger partial charge in [0, 0.05) is 18.0 Å². The Kier molecular flexibility index (Phi) is 3.93. The maximum atomic E-state index is 11.5. The third kappa shape index (κ3) is 2.84. The Balaban J connectivity index is 2.17. The average Bonchev–Trinajstić information content (AvgIpc) is 2.76. The number of hydrogen-bond acceptors (Lipinski definition) is 6. The smallest absolute Gasteiger partial charge is 0.196 e. The van der Waals surface area contributed by atoms with Gasteiger partial charge in [0.05, 0.1) is 17.4 Å². The number of carbonyl (C=O) groups excluding carboxylic acids is 1. The highest BCUT2D eigenvalue weighted by molar-refractivity contribution is 7.91. The van der Waals surface area contributed by atoms with E-state index in [2.05, 4.69) is 4.98 Å². The molecule has 1 aromatic heterocycles. The first-order chi connectivity index (χ1) is 8.43. The van der Waals surface area contributed by atoms with Gasteiger partial charge in [-0.2, -0.15) is 0 Å². The summed E-state index contributed by atoms with van der Waals surface area (Å²) in [5.41, 5.74) is 0.352. The highest BCUT2D eigenvalue weighted by Gasteiger charge is 2.30. The van der Waals surface area contributed by atoms with Gasteiger partial charge in [0.15, 0.2) is 20.8 Å². The number of halogens is 1. The van der Waals surface area contributed by atoms with Crippen LogP contribution in [0.3, 0.4) is 0 Å². The van der Waals surface area contributed by atoms with Crippen LogP contribution in [-0.2, 0) is 9.84 Å². The zero-order valence-electron chi connectivity index (χ0n) is 9.80. The Morgan fingerprint density at radius 3 is 3.00 bits per heavy atom. The van der Waals surface area contributed by atoms with Crippen molar-refractivity contribution in [3.8, 4) is 0 Å². The van der Waals surface area contributed by atoms with Crippen LogP contribution in [0.25, 0.3) is 0 Å². The van der Waals surface area contributed by atoms with E-state index < -0.39 is 9.84 Å². The van der Waals surface area contributed by atoms with Crippen molar-refractivity contribution < 1.29 is 13.2 Å². The van der Waals surface area contributed by atoms with Gasteiger partial charge < -0.3 is 4.90 Å². The summed E-state index contributed by atoms with van der Waals surface area (Å²) in [4.78, 5) is 17.5. The van der Waals surface area contributed by atoms with Gasteiger partial charge in [0.2, 0.25) is 0 Å². The van der Waals surface area contributed by atoms with E-state index in [1.54, 1.807) is 5.38 Å². The third-order valence-corrected chi connectivity index (χ3v) is 5.73. The first-order valence-corrected chi connectivity index (χ1v) is 8.68. The molecular formula is C10H13ClN2O3S2. The van der Waals surface area contributed by atoms with Gasteiger partial charge >= 0.3 is 0 Å². The summed E-state index contributed by atoms with van der Waals surface area (Å²) in [6.07, 6.45) is 0. The molecule has 0 aliphatic carbocycles. The Labute approximate surface area is 115 Å². The molecule has 0 bridgehead atoms. The van der Waals surface area contributed by atoms with E-state index in [4.69, 9.17) is 11.6 Å². The van der Waals surface area contributed by atoms with Crippen molar-refractivity contribution in [3.63, 3.8) is 0 Å². The average molecular weight is 309 g/mol. The Hall–Kier alpha value is -0.660. The highest BCUT2D eigenvalue weighted by Crippen LogP contribution is 2.25. The highest BCUT2D eigenvalue weighted by atomic mass is 35.5. The summed E-state index contributed by atoms with van der Waals surface area (Å²) in [5, 5.41) is 2.35. The number of rotatable bonds is 3. The number of carbonyl (C=O) groups is 1. The molecule has 0 spiro atoms. The lowest BCUT2D eigenvalue weighted by atomic mass is 10.3. The Morgan fingerprint density at radius 2 is 2.39 bits per heavy atom. The van der Waals surface area contributed by atoms with E-state index >= 15 is 0 Å². The van der Waals surface area contributed by atoms with Gasteiger partial charge in [-0.05, 0) is 6.92 Å². The van der Waals surface area contributed by atoms with Crippen LogP contribution in [0.4, 0.5) is 5.13 Å². The third-order valence-electron chi connectivity index (χ3n) is 2.82. The van der Waals surface area contributed by atoms with Crippen molar-refractivity contribution >= 4 is 43.7 Å². The maximum Gasteiger partial charge on any atom is 0.196 e. The second-order valence-electron chi connectivity index (χ2n) is 4.23. The van der Waals surface area contributed by atoms with Crippen molar-refractivity contribution in [1.82, 2.24) is 4.98 Å². The number of sulfone groups is 1. The van der Waals surface area contributed by atoms with E-state index in [1.165, 1.54) is 11.3 Å². The molecule has 1 fully saturated rings. The summed E-state index contributed by atoms with van der Waals surface area (Å²) >= 11 is 6.81. The molecule has 2 rings (SSSR count). The molecule has 1 atom stereocenters. The molecule has 0 saturated carbocycles. The minimum absolute atomic E-state index is 0.0902. The molecule has 0 amide bonds. The zero-order chi connectivity index (χ0) is 13.3. The van der Waals surface area contributed by atoms with E-state index in [9.17, 15) is 13.2 Å². The van der Waals surface area contributed by atoms with Crippen molar-refractivity contribution in [1.29, 1.82) is 0 Å². The fraction of sp³-hybridized carbons (Fsp3) is 0.600. The standard InChI is InChI=1S/C10H13ClN2O3S2/c1-7-6-18(15,16)3-2-13(7)10-12-8(5-17-10)9(14)4-11/h5,7H,2-4,6H2,1H3. The van der Waals surface area contributed by atoms with Crippen molar-refractivity contribution in [2.24, 2.45) is 0 Å². The van der Waals surface area contributed by atoms with E-state index in [0.717, 1.165) is 0 Å². The van der Waals surface area contributed by atoms with Gasteiger partial charge in [-0.25, -0.2) is 13.4 Å². The number of thiazole rings is 1. The summed E-state index contributed by atoms with van der Waals surface area (Å²) < 4.78 is 23.0.